The Kier molecular flexibility index (Phi) is 13.5. The zero-order chi connectivity index (χ0) is 27.2. The van der Waals surface area contributed by atoms with Gasteiger partial charge in [-0.3, -0.25) is 0 Å². The molecule has 2 aromatic rings. The van der Waals surface area contributed by atoms with Crippen molar-refractivity contribution in [3.63, 3.8) is 0 Å². The third kappa shape index (κ3) is 11.1. The molecule has 0 saturated carbocycles. The van der Waals surface area contributed by atoms with Crippen molar-refractivity contribution in [3.8, 4) is 11.5 Å². The van der Waals surface area contributed by atoms with Gasteiger partial charge in [-0.15, -0.1) is 0 Å². The van der Waals surface area contributed by atoms with Crippen LogP contribution in [0.1, 0.15) is 96.5 Å². The summed E-state index contributed by atoms with van der Waals surface area (Å²) in [5, 5.41) is 0. The number of halogens is 3. The minimum Gasteiger partial charge on any atom is -0.457 e. The van der Waals surface area contributed by atoms with Gasteiger partial charge >= 0.3 is 6.18 Å². The highest BCUT2D eigenvalue weighted by atomic mass is 32.2. The summed E-state index contributed by atoms with van der Waals surface area (Å²) in [4.78, 5) is 0.167. The molecule has 0 amide bonds. The third-order valence-corrected chi connectivity index (χ3v) is 8.29. The number of hydrogen-bond acceptors (Lipinski definition) is 3. The highest BCUT2D eigenvalue weighted by molar-refractivity contribution is 7.89. The summed E-state index contributed by atoms with van der Waals surface area (Å²) in [5.74, 6) is 0.315. The van der Waals surface area contributed by atoms with Crippen LogP contribution in [0.4, 0.5) is 13.2 Å². The first kappa shape index (κ1) is 31.2. The molecule has 2 rings (SSSR count). The van der Waals surface area contributed by atoms with Gasteiger partial charge in [-0.2, -0.15) is 17.5 Å². The first-order valence-electron chi connectivity index (χ1n) is 13.6. The molecule has 0 aliphatic carbocycles. The van der Waals surface area contributed by atoms with Gasteiger partial charge in [0.25, 0.3) is 0 Å². The maximum atomic E-state index is 13.4. The van der Waals surface area contributed by atoms with E-state index in [4.69, 9.17) is 4.74 Å². The molecular weight excluding hydrogens is 499 g/mol. The second-order valence-corrected chi connectivity index (χ2v) is 11.5. The van der Waals surface area contributed by atoms with E-state index in [9.17, 15) is 21.6 Å². The number of ether oxygens (including phenoxy) is 1. The van der Waals surface area contributed by atoms with Crippen molar-refractivity contribution in [2.75, 3.05) is 13.1 Å². The molecule has 0 unspecified atom stereocenters. The molecule has 208 valence electrons. The first-order valence-corrected chi connectivity index (χ1v) is 15.1. The van der Waals surface area contributed by atoms with Crippen LogP contribution in [0.3, 0.4) is 0 Å². The van der Waals surface area contributed by atoms with E-state index in [1.54, 1.807) is 4.31 Å². The van der Waals surface area contributed by atoms with Crippen LogP contribution in [-0.2, 0) is 16.2 Å². The maximum absolute atomic E-state index is 13.4. The van der Waals surface area contributed by atoms with Crippen molar-refractivity contribution < 1.29 is 26.3 Å². The van der Waals surface area contributed by atoms with Crippen molar-refractivity contribution in [3.05, 3.63) is 54.1 Å². The topological polar surface area (TPSA) is 46.6 Å². The van der Waals surface area contributed by atoms with Crippen LogP contribution in [0.15, 0.2) is 53.4 Å². The van der Waals surface area contributed by atoms with Gasteiger partial charge in [0.05, 0.1) is 10.5 Å². The van der Waals surface area contributed by atoms with Crippen LogP contribution in [0.5, 0.6) is 11.5 Å². The Morgan fingerprint density at radius 3 is 1.73 bits per heavy atom. The maximum Gasteiger partial charge on any atom is 0.416 e. The highest BCUT2D eigenvalue weighted by Gasteiger charge is 2.30. The first-order chi connectivity index (χ1) is 17.7. The van der Waals surface area contributed by atoms with Crippen molar-refractivity contribution in [1.82, 2.24) is 4.31 Å². The summed E-state index contributed by atoms with van der Waals surface area (Å²) < 4.78 is 73.0. The summed E-state index contributed by atoms with van der Waals surface area (Å²) in [7, 11) is -3.68. The van der Waals surface area contributed by atoms with E-state index in [0.29, 0.717) is 13.1 Å². The van der Waals surface area contributed by atoms with Gasteiger partial charge in [-0.1, -0.05) is 84.1 Å². The third-order valence-electron chi connectivity index (χ3n) is 6.38. The average molecular weight is 542 g/mol. The summed E-state index contributed by atoms with van der Waals surface area (Å²) in [6, 6.07) is 10.5. The zero-order valence-electron chi connectivity index (χ0n) is 22.2. The van der Waals surface area contributed by atoms with E-state index < -0.39 is 21.8 Å². The lowest BCUT2D eigenvalue weighted by atomic mass is 10.1. The molecular formula is C29H42F3NO3S. The Labute approximate surface area is 221 Å². The summed E-state index contributed by atoms with van der Waals surface area (Å²) in [5.41, 5.74) is -0.802. The fraction of sp³-hybridized carbons (Fsp3) is 0.586. The molecule has 0 saturated heterocycles. The number of benzene rings is 2. The Hall–Kier alpha value is -2.06. The van der Waals surface area contributed by atoms with Gasteiger partial charge in [-0.05, 0) is 55.3 Å². The van der Waals surface area contributed by atoms with Crippen LogP contribution in [0.2, 0.25) is 0 Å². The van der Waals surface area contributed by atoms with Gasteiger partial charge < -0.3 is 4.74 Å². The smallest absolute Gasteiger partial charge is 0.416 e. The van der Waals surface area contributed by atoms with Gasteiger partial charge in [0, 0.05) is 13.1 Å². The molecule has 0 bridgehead atoms. The molecule has 0 aliphatic rings. The van der Waals surface area contributed by atoms with E-state index in [1.807, 2.05) is 0 Å². The number of rotatable bonds is 18. The second-order valence-electron chi connectivity index (χ2n) is 9.54. The lowest BCUT2D eigenvalue weighted by Gasteiger charge is -2.22. The van der Waals surface area contributed by atoms with E-state index >= 15 is 0 Å². The van der Waals surface area contributed by atoms with E-state index in [1.165, 1.54) is 74.9 Å². The minimum absolute atomic E-state index is 0.0400. The van der Waals surface area contributed by atoms with Crippen LogP contribution in [0, 0.1) is 0 Å². The molecule has 37 heavy (non-hydrogen) atoms. The van der Waals surface area contributed by atoms with Crippen LogP contribution < -0.4 is 4.74 Å². The highest BCUT2D eigenvalue weighted by Crippen LogP contribution is 2.33. The molecule has 0 aromatic heterocycles. The molecule has 0 radical (unpaired) electrons. The van der Waals surface area contributed by atoms with E-state index in [-0.39, 0.29) is 16.4 Å². The van der Waals surface area contributed by atoms with E-state index in [0.717, 1.165) is 50.7 Å². The summed E-state index contributed by atoms with van der Waals surface area (Å²) in [6.45, 7) is 5.33. The van der Waals surface area contributed by atoms with Gasteiger partial charge in [0.2, 0.25) is 10.0 Å². The lowest BCUT2D eigenvalue weighted by molar-refractivity contribution is -0.137. The predicted molar refractivity (Wildman–Crippen MR) is 143 cm³/mol. The zero-order valence-corrected chi connectivity index (χ0v) is 23.0. The summed E-state index contributed by atoms with van der Waals surface area (Å²) in [6.07, 6.45) is 8.53. The van der Waals surface area contributed by atoms with Gasteiger partial charge in [-0.25, -0.2) is 8.42 Å². The average Bonchev–Trinajstić information content (AvgIpc) is 2.86. The Balaban J connectivity index is 2.05. The molecule has 0 fully saturated rings. The molecule has 0 atom stereocenters. The van der Waals surface area contributed by atoms with Crippen LogP contribution in [0.25, 0.3) is 0 Å². The fourth-order valence-electron chi connectivity index (χ4n) is 4.19. The number of hydrogen-bond donors (Lipinski definition) is 0. The Morgan fingerprint density at radius 1 is 0.703 bits per heavy atom. The molecule has 4 nitrogen and oxygen atoms in total. The minimum atomic E-state index is -4.47. The molecule has 0 N–H and O–H groups in total. The van der Waals surface area contributed by atoms with Crippen LogP contribution in [-0.4, -0.2) is 25.8 Å². The Bertz CT molecular complexity index is 992. The standard InChI is InChI=1S/C29H42F3NO3S/c1-3-5-7-9-11-13-22-33(23-14-12-10-8-6-4-2)37(34,35)28-20-18-26(19-21-28)36-27-17-15-16-25(24-27)29(30,31)32/h15-21,24H,3-14,22-23H2,1-2H3. The van der Waals surface area contributed by atoms with Crippen molar-refractivity contribution in [2.24, 2.45) is 0 Å². The number of alkyl halides is 3. The quantitative estimate of drug-likeness (QED) is 0.177. The fourth-order valence-corrected chi connectivity index (χ4v) is 5.71. The largest absolute Gasteiger partial charge is 0.457 e. The van der Waals surface area contributed by atoms with Gasteiger partial charge in [0.15, 0.2) is 0 Å². The van der Waals surface area contributed by atoms with Crippen molar-refractivity contribution in [2.45, 2.75) is 102 Å². The lowest BCUT2D eigenvalue weighted by Crippen LogP contribution is -2.33. The molecule has 0 spiro atoms. The number of unbranched alkanes of at least 4 members (excludes halogenated alkanes) is 10. The Morgan fingerprint density at radius 2 is 1.22 bits per heavy atom. The summed E-state index contributed by atoms with van der Waals surface area (Å²) >= 11 is 0. The SMILES string of the molecule is CCCCCCCCN(CCCCCCCC)S(=O)(=O)c1ccc(Oc2cccc(C(F)(F)F)c2)cc1. The van der Waals surface area contributed by atoms with Crippen LogP contribution >= 0.6 is 0 Å². The second kappa shape index (κ2) is 16.0. The monoisotopic (exact) mass is 541 g/mol. The van der Waals surface area contributed by atoms with E-state index in [2.05, 4.69) is 13.8 Å². The number of nitrogens with zero attached hydrogens (tertiary/aromatic N) is 1. The van der Waals surface area contributed by atoms with Crippen molar-refractivity contribution in [1.29, 1.82) is 0 Å². The van der Waals surface area contributed by atoms with Crippen molar-refractivity contribution >= 4 is 10.0 Å². The predicted octanol–water partition coefficient (Wildman–Crippen LogP) is 9.21. The normalized spacial score (nSPS) is 12.3. The molecule has 2 aromatic carbocycles. The molecule has 0 heterocycles. The molecule has 8 heteroatoms. The van der Waals surface area contributed by atoms with Gasteiger partial charge in [0.1, 0.15) is 11.5 Å². The molecule has 0 aliphatic heterocycles. The number of sulfonamides is 1.